The van der Waals surface area contributed by atoms with Crippen LogP contribution in [-0.2, 0) is 0 Å². The first kappa shape index (κ1) is 17.7. The fourth-order valence-corrected chi connectivity index (χ4v) is 2.34. The molecule has 2 aromatic heterocycles. The zero-order valence-electron chi connectivity index (χ0n) is 14.5. The number of nitrogens with two attached hydrogens (primary N) is 1. The zero-order chi connectivity index (χ0) is 17.9. The van der Waals surface area contributed by atoms with Crippen LogP contribution in [0.4, 0.5) is 0 Å². The fourth-order valence-electron chi connectivity index (χ4n) is 2.34. The van der Waals surface area contributed by atoms with Gasteiger partial charge >= 0.3 is 0 Å². The maximum absolute atomic E-state index is 12.5. The summed E-state index contributed by atoms with van der Waals surface area (Å²) >= 11 is 0. The second-order valence-corrected chi connectivity index (χ2v) is 6.46. The summed E-state index contributed by atoms with van der Waals surface area (Å²) in [5.74, 6) is 0.407. The van der Waals surface area contributed by atoms with Gasteiger partial charge in [-0.2, -0.15) is 0 Å². The Hall–Kier alpha value is -2.63. The van der Waals surface area contributed by atoms with Gasteiger partial charge in [0.05, 0.1) is 0 Å². The summed E-state index contributed by atoms with van der Waals surface area (Å²) in [5.41, 5.74) is 7.39. The van der Waals surface area contributed by atoms with Crippen molar-refractivity contribution in [1.29, 1.82) is 0 Å². The molecule has 0 saturated carbocycles. The molecule has 2 heterocycles. The molecule has 0 radical (unpaired) electrons. The lowest BCUT2D eigenvalue weighted by Crippen LogP contribution is -2.20. The molecule has 0 fully saturated rings. The first-order valence-electron chi connectivity index (χ1n) is 8.02. The van der Waals surface area contributed by atoms with E-state index >= 15 is 0 Å². The van der Waals surface area contributed by atoms with E-state index in [-0.39, 0.29) is 22.9 Å². The van der Waals surface area contributed by atoms with Crippen molar-refractivity contribution in [2.45, 2.75) is 33.6 Å². The molecule has 2 rings (SSSR count). The Kier molecular flexibility index (Phi) is 5.39. The van der Waals surface area contributed by atoms with Crippen LogP contribution in [0.2, 0.25) is 0 Å². The number of aliphatic imine (C=N–C) groups is 1. The van der Waals surface area contributed by atoms with Crippen molar-refractivity contribution >= 4 is 17.4 Å². The van der Waals surface area contributed by atoms with Crippen molar-refractivity contribution in [3.05, 3.63) is 46.1 Å². The first-order valence-corrected chi connectivity index (χ1v) is 8.02. The fraction of sp³-hybridized carbons (Fsp3) is 0.389. The average molecular weight is 328 g/mol. The SMILES string of the molecule is CC(C)CN=CC(=CN)c1ccn2c(=O)c(C(C)C)cnc2c1O. The predicted octanol–water partition coefficient (Wildman–Crippen LogP) is 2.55. The van der Waals surface area contributed by atoms with Crippen LogP contribution in [0.25, 0.3) is 11.2 Å². The van der Waals surface area contributed by atoms with Crippen LogP contribution < -0.4 is 11.3 Å². The van der Waals surface area contributed by atoms with E-state index in [0.29, 0.717) is 29.2 Å². The van der Waals surface area contributed by atoms with Crippen molar-refractivity contribution in [1.82, 2.24) is 9.38 Å². The Balaban J connectivity index is 2.54. The van der Waals surface area contributed by atoms with Gasteiger partial charge in [-0.3, -0.25) is 14.2 Å². The second-order valence-electron chi connectivity index (χ2n) is 6.46. The lowest BCUT2D eigenvalue weighted by molar-refractivity contribution is 0.475. The minimum absolute atomic E-state index is 0.0615. The summed E-state index contributed by atoms with van der Waals surface area (Å²) in [6, 6.07) is 1.65. The van der Waals surface area contributed by atoms with Gasteiger partial charge < -0.3 is 10.8 Å². The molecule has 0 saturated heterocycles. The molecule has 3 N–H and O–H groups in total. The summed E-state index contributed by atoms with van der Waals surface area (Å²) < 4.78 is 1.35. The van der Waals surface area contributed by atoms with E-state index < -0.39 is 0 Å². The van der Waals surface area contributed by atoms with Crippen LogP contribution in [0.1, 0.15) is 44.7 Å². The van der Waals surface area contributed by atoms with Crippen molar-refractivity contribution in [2.24, 2.45) is 16.6 Å². The van der Waals surface area contributed by atoms with Crippen molar-refractivity contribution < 1.29 is 5.11 Å². The molecule has 0 aliphatic heterocycles. The molecule has 6 heteroatoms. The number of pyridine rings is 1. The highest BCUT2D eigenvalue weighted by Gasteiger charge is 2.14. The summed E-state index contributed by atoms with van der Waals surface area (Å²) in [5, 5.41) is 10.5. The number of hydrogen-bond acceptors (Lipinski definition) is 5. The maximum Gasteiger partial charge on any atom is 0.261 e. The summed E-state index contributed by atoms with van der Waals surface area (Å²) in [4.78, 5) is 21.0. The average Bonchev–Trinajstić information content (AvgIpc) is 2.52. The smallest absolute Gasteiger partial charge is 0.261 e. The molecule has 0 aliphatic carbocycles. The standard InChI is InChI=1S/C18H24N4O2/c1-11(2)8-20-9-13(7-19)14-5-6-22-17(16(14)23)21-10-15(12(3)4)18(22)24/h5-7,9-12,23H,8,19H2,1-4H3. The van der Waals surface area contributed by atoms with E-state index in [0.717, 1.165) is 0 Å². The van der Waals surface area contributed by atoms with Crippen LogP contribution in [0.15, 0.2) is 34.4 Å². The molecule has 24 heavy (non-hydrogen) atoms. The van der Waals surface area contributed by atoms with Gasteiger partial charge in [0.25, 0.3) is 5.56 Å². The molecule has 0 spiro atoms. The Morgan fingerprint density at radius 1 is 1.42 bits per heavy atom. The van der Waals surface area contributed by atoms with Crippen molar-refractivity contribution in [2.75, 3.05) is 6.54 Å². The highest BCUT2D eigenvalue weighted by molar-refractivity contribution is 6.11. The monoisotopic (exact) mass is 328 g/mol. The van der Waals surface area contributed by atoms with Crippen LogP contribution >= 0.6 is 0 Å². The lowest BCUT2D eigenvalue weighted by atomic mass is 10.1. The lowest BCUT2D eigenvalue weighted by Gasteiger charge is -2.11. The Morgan fingerprint density at radius 2 is 2.12 bits per heavy atom. The van der Waals surface area contributed by atoms with E-state index in [1.165, 1.54) is 16.8 Å². The zero-order valence-corrected chi connectivity index (χ0v) is 14.5. The van der Waals surface area contributed by atoms with Crippen LogP contribution in [0, 0.1) is 5.92 Å². The molecule has 0 atom stereocenters. The number of nitrogens with zero attached hydrogens (tertiary/aromatic N) is 3. The normalized spacial score (nSPS) is 12.8. The summed E-state index contributed by atoms with van der Waals surface area (Å²) in [6.07, 6.45) is 6.14. The van der Waals surface area contributed by atoms with Gasteiger partial charge in [0.2, 0.25) is 0 Å². The van der Waals surface area contributed by atoms with E-state index in [4.69, 9.17) is 5.73 Å². The van der Waals surface area contributed by atoms with Gasteiger partial charge in [-0.1, -0.05) is 27.7 Å². The molecule has 6 nitrogen and oxygen atoms in total. The van der Waals surface area contributed by atoms with Gasteiger partial charge in [-0.15, -0.1) is 0 Å². The van der Waals surface area contributed by atoms with E-state index in [1.54, 1.807) is 18.5 Å². The minimum Gasteiger partial charge on any atom is -0.504 e. The third-order valence-corrected chi connectivity index (χ3v) is 3.69. The van der Waals surface area contributed by atoms with E-state index in [9.17, 15) is 9.90 Å². The third-order valence-electron chi connectivity index (χ3n) is 3.69. The maximum atomic E-state index is 12.5. The largest absolute Gasteiger partial charge is 0.504 e. The summed E-state index contributed by atoms with van der Waals surface area (Å²) in [6.45, 7) is 8.67. The Morgan fingerprint density at radius 3 is 2.71 bits per heavy atom. The quantitative estimate of drug-likeness (QED) is 0.825. The molecule has 2 aromatic rings. The van der Waals surface area contributed by atoms with E-state index in [1.807, 2.05) is 13.8 Å². The van der Waals surface area contributed by atoms with Gasteiger partial charge in [-0.05, 0) is 17.9 Å². The Labute approximate surface area is 141 Å². The minimum atomic E-state index is -0.177. The predicted molar refractivity (Wildman–Crippen MR) is 97.6 cm³/mol. The van der Waals surface area contributed by atoms with Crippen molar-refractivity contribution in [3.63, 3.8) is 0 Å². The van der Waals surface area contributed by atoms with Gasteiger partial charge in [0.1, 0.15) is 0 Å². The molecular weight excluding hydrogens is 304 g/mol. The molecule has 0 aliphatic rings. The van der Waals surface area contributed by atoms with Crippen LogP contribution in [0.3, 0.4) is 0 Å². The van der Waals surface area contributed by atoms with Gasteiger partial charge in [0, 0.05) is 48.1 Å². The number of hydrogen-bond donors (Lipinski definition) is 2. The highest BCUT2D eigenvalue weighted by atomic mass is 16.3. The second kappa shape index (κ2) is 7.29. The molecule has 0 amide bonds. The molecule has 128 valence electrons. The Bertz CT molecular complexity index is 848. The number of allylic oxidation sites excluding steroid dienone is 1. The molecule has 0 unspecified atom stereocenters. The van der Waals surface area contributed by atoms with Crippen LogP contribution in [0.5, 0.6) is 5.75 Å². The molecular formula is C18H24N4O2. The van der Waals surface area contributed by atoms with Crippen molar-refractivity contribution in [3.8, 4) is 5.75 Å². The number of fused-ring (bicyclic) bond motifs is 1. The summed E-state index contributed by atoms with van der Waals surface area (Å²) in [7, 11) is 0. The molecule has 0 aromatic carbocycles. The topological polar surface area (TPSA) is 93.0 Å². The number of aromatic nitrogens is 2. The van der Waals surface area contributed by atoms with Gasteiger partial charge in [0.15, 0.2) is 11.4 Å². The third kappa shape index (κ3) is 3.48. The number of rotatable bonds is 5. The van der Waals surface area contributed by atoms with Crippen LogP contribution in [-0.4, -0.2) is 27.3 Å². The van der Waals surface area contributed by atoms with Gasteiger partial charge in [-0.25, -0.2) is 4.98 Å². The first-order chi connectivity index (χ1) is 11.4. The highest BCUT2D eigenvalue weighted by Crippen LogP contribution is 2.27. The number of aromatic hydroxyl groups is 1. The van der Waals surface area contributed by atoms with E-state index in [2.05, 4.69) is 23.8 Å². The molecule has 0 bridgehead atoms.